The fourth-order valence-corrected chi connectivity index (χ4v) is 2.92. The summed E-state index contributed by atoms with van der Waals surface area (Å²) in [6.45, 7) is 4.30. The van der Waals surface area contributed by atoms with E-state index in [1.54, 1.807) is 6.42 Å². The third-order valence-electron chi connectivity index (χ3n) is 3.78. The molecule has 12 heavy (non-hydrogen) atoms. The number of hydrogen-bond acceptors (Lipinski definition) is 2. The highest BCUT2D eigenvalue weighted by Gasteiger charge is 2.47. The van der Waals surface area contributed by atoms with Crippen molar-refractivity contribution < 1.29 is 4.74 Å². The quantitative estimate of drug-likeness (QED) is 0.580. The van der Waals surface area contributed by atoms with Gasteiger partial charge in [-0.1, -0.05) is 0 Å². The molecule has 0 aromatic heterocycles. The topological polar surface area (TPSA) is 12.5 Å². The van der Waals surface area contributed by atoms with Crippen LogP contribution in [0.15, 0.2) is 0 Å². The van der Waals surface area contributed by atoms with Gasteiger partial charge >= 0.3 is 0 Å². The summed E-state index contributed by atoms with van der Waals surface area (Å²) in [4.78, 5) is 2.65. The van der Waals surface area contributed by atoms with Gasteiger partial charge in [-0.05, 0) is 31.1 Å². The summed E-state index contributed by atoms with van der Waals surface area (Å²) in [6.07, 6.45) is 4.52. The highest BCUT2D eigenvalue weighted by Crippen LogP contribution is 2.53. The van der Waals surface area contributed by atoms with Crippen LogP contribution in [-0.4, -0.2) is 37.2 Å². The fraction of sp³-hybridized carbons (Fsp3) is 1.00. The van der Waals surface area contributed by atoms with E-state index in [1.165, 1.54) is 25.9 Å². The van der Waals surface area contributed by atoms with E-state index in [0.29, 0.717) is 0 Å². The van der Waals surface area contributed by atoms with Crippen molar-refractivity contribution in [2.24, 2.45) is 11.8 Å². The van der Waals surface area contributed by atoms with Crippen molar-refractivity contribution in [2.75, 3.05) is 26.3 Å². The van der Waals surface area contributed by atoms with Crippen molar-refractivity contribution in [3.8, 4) is 0 Å². The summed E-state index contributed by atoms with van der Waals surface area (Å²) in [6, 6.07) is 0.928. The minimum Gasteiger partial charge on any atom is -0.379 e. The average Bonchev–Trinajstić information content (AvgIpc) is 2.75. The molecule has 2 nitrogen and oxygen atoms in total. The Kier molecular flexibility index (Phi) is 1.66. The van der Waals surface area contributed by atoms with Gasteiger partial charge in [0, 0.05) is 19.1 Å². The molecular formula is C10H17NO. The maximum atomic E-state index is 5.36. The van der Waals surface area contributed by atoms with Crippen molar-refractivity contribution >= 4 is 0 Å². The van der Waals surface area contributed by atoms with Gasteiger partial charge in [0.15, 0.2) is 0 Å². The third kappa shape index (κ3) is 1.17. The van der Waals surface area contributed by atoms with E-state index in [0.717, 1.165) is 31.1 Å². The zero-order valence-corrected chi connectivity index (χ0v) is 7.54. The number of ether oxygens (including phenoxy) is 1. The highest BCUT2D eigenvalue weighted by molar-refractivity contribution is 4.99. The van der Waals surface area contributed by atoms with Gasteiger partial charge in [0.25, 0.3) is 0 Å². The van der Waals surface area contributed by atoms with Crippen molar-refractivity contribution in [3.63, 3.8) is 0 Å². The van der Waals surface area contributed by atoms with Crippen molar-refractivity contribution in [3.05, 3.63) is 0 Å². The van der Waals surface area contributed by atoms with Crippen LogP contribution in [0.5, 0.6) is 0 Å². The lowest BCUT2D eigenvalue weighted by atomic mass is 10.1. The first-order chi connectivity index (χ1) is 5.93. The molecule has 2 heteroatoms. The standard InChI is InChI=1S/C10H17NO/c1-3-12-4-2-11(1)10-6-8-5-9(8)7-10/h8-10H,1-7H2. The number of morpholine rings is 1. The third-order valence-corrected chi connectivity index (χ3v) is 3.78. The van der Waals surface area contributed by atoms with E-state index in [9.17, 15) is 0 Å². The Labute approximate surface area is 73.9 Å². The number of fused-ring (bicyclic) bond motifs is 1. The van der Waals surface area contributed by atoms with Gasteiger partial charge in [0.05, 0.1) is 13.2 Å². The maximum Gasteiger partial charge on any atom is 0.0594 e. The number of hydrogen-bond donors (Lipinski definition) is 0. The molecule has 0 bridgehead atoms. The molecule has 1 saturated heterocycles. The molecule has 0 N–H and O–H groups in total. The Morgan fingerprint density at radius 3 is 2.25 bits per heavy atom. The van der Waals surface area contributed by atoms with Crippen molar-refractivity contribution in [2.45, 2.75) is 25.3 Å². The Hall–Kier alpha value is -0.0800. The smallest absolute Gasteiger partial charge is 0.0594 e. The van der Waals surface area contributed by atoms with Gasteiger partial charge in [-0.25, -0.2) is 0 Å². The molecule has 68 valence electrons. The molecule has 2 atom stereocenters. The normalized spacial score (nSPS) is 47.5. The minimum absolute atomic E-state index is 0.928. The second kappa shape index (κ2) is 2.71. The van der Waals surface area contributed by atoms with Crippen LogP contribution < -0.4 is 0 Å². The zero-order chi connectivity index (χ0) is 7.97. The second-order valence-corrected chi connectivity index (χ2v) is 4.53. The van der Waals surface area contributed by atoms with Gasteiger partial charge < -0.3 is 4.74 Å². The molecule has 0 amide bonds. The summed E-state index contributed by atoms with van der Waals surface area (Å²) >= 11 is 0. The molecule has 0 spiro atoms. The van der Waals surface area contributed by atoms with Crippen LogP contribution in [0.2, 0.25) is 0 Å². The zero-order valence-electron chi connectivity index (χ0n) is 7.54. The predicted octanol–water partition coefficient (Wildman–Crippen LogP) is 1.12. The lowest BCUT2D eigenvalue weighted by molar-refractivity contribution is 0.0155. The Morgan fingerprint density at radius 1 is 0.917 bits per heavy atom. The van der Waals surface area contributed by atoms with Crippen LogP contribution in [0.25, 0.3) is 0 Å². The molecule has 3 fully saturated rings. The van der Waals surface area contributed by atoms with Gasteiger partial charge in [-0.3, -0.25) is 4.90 Å². The SMILES string of the molecule is C1CN(C2CC3CC3C2)CCO1. The largest absolute Gasteiger partial charge is 0.379 e. The summed E-state index contributed by atoms with van der Waals surface area (Å²) in [5.41, 5.74) is 0. The molecule has 2 aliphatic carbocycles. The van der Waals surface area contributed by atoms with E-state index in [2.05, 4.69) is 4.90 Å². The lowest BCUT2D eigenvalue weighted by Crippen LogP contribution is -2.42. The number of rotatable bonds is 1. The van der Waals surface area contributed by atoms with E-state index in [1.807, 2.05) is 0 Å². The highest BCUT2D eigenvalue weighted by atomic mass is 16.5. The van der Waals surface area contributed by atoms with E-state index in [4.69, 9.17) is 4.74 Å². The number of nitrogens with zero attached hydrogens (tertiary/aromatic N) is 1. The Bertz CT molecular complexity index is 167. The van der Waals surface area contributed by atoms with Crippen LogP contribution >= 0.6 is 0 Å². The van der Waals surface area contributed by atoms with Gasteiger partial charge in [0.1, 0.15) is 0 Å². The van der Waals surface area contributed by atoms with Gasteiger partial charge in [-0.2, -0.15) is 0 Å². The molecule has 2 saturated carbocycles. The van der Waals surface area contributed by atoms with Crippen LogP contribution in [0, 0.1) is 11.8 Å². The molecule has 3 rings (SSSR count). The summed E-state index contributed by atoms with van der Waals surface area (Å²) < 4.78 is 5.36. The summed E-state index contributed by atoms with van der Waals surface area (Å²) in [7, 11) is 0. The molecule has 1 aliphatic heterocycles. The molecule has 0 aromatic rings. The van der Waals surface area contributed by atoms with Crippen LogP contribution in [0.3, 0.4) is 0 Å². The monoisotopic (exact) mass is 167 g/mol. The van der Waals surface area contributed by atoms with E-state index >= 15 is 0 Å². The Morgan fingerprint density at radius 2 is 1.58 bits per heavy atom. The minimum atomic E-state index is 0.928. The van der Waals surface area contributed by atoms with Gasteiger partial charge in [0.2, 0.25) is 0 Å². The van der Waals surface area contributed by atoms with E-state index in [-0.39, 0.29) is 0 Å². The van der Waals surface area contributed by atoms with Crippen LogP contribution in [0.4, 0.5) is 0 Å². The van der Waals surface area contributed by atoms with Crippen molar-refractivity contribution in [1.82, 2.24) is 4.90 Å². The predicted molar refractivity (Wildman–Crippen MR) is 47.0 cm³/mol. The van der Waals surface area contributed by atoms with Gasteiger partial charge in [-0.15, -0.1) is 0 Å². The molecule has 2 unspecified atom stereocenters. The first kappa shape index (κ1) is 7.34. The van der Waals surface area contributed by atoms with E-state index < -0.39 is 0 Å². The summed E-state index contributed by atoms with van der Waals surface area (Å²) in [5, 5.41) is 0. The van der Waals surface area contributed by atoms with Crippen LogP contribution in [-0.2, 0) is 4.74 Å². The average molecular weight is 167 g/mol. The summed E-state index contributed by atoms with van der Waals surface area (Å²) in [5.74, 6) is 2.25. The first-order valence-electron chi connectivity index (χ1n) is 5.25. The maximum absolute atomic E-state index is 5.36. The second-order valence-electron chi connectivity index (χ2n) is 4.53. The molecule has 1 heterocycles. The lowest BCUT2D eigenvalue weighted by Gasteiger charge is -2.32. The van der Waals surface area contributed by atoms with Crippen LogP contribution in [0.1, 0.15) is 19.3 Å². The Balaban J connectivity index is 1.58. The first-order valence-corrected chi connectivity index (χ1v) is 5.25. The fourth-order valence-electron chi connectivity index (χ4n) is 2.92. The molecule has 3 aliphatic rings. The molecule has 0 aromatic carbocycles. The molecular weight excluding hydrogens is 150 g/mol. The molecule has 0 radical (unpaired) electrons. The van der Waals surface area contributed by atoms with Crippen molar-refractivity contribution in [1.29, 1.82) is 0 Å².